The van der Waals surface area contributed by atoms with Gasteiger partial charge in [0.25, 0.3) is 0 Å². The van der Waals surface area contributed by atoms with Gasteiger partial charge in [0.2, 0.25) is 11.8 Å². The molecule has 1 aliphatic heterocycles. The summed E-state index contributed by atoms with van der Waals surface area (Å²) in [5, 5.41) is 3.00. The predicted octanol–water partition coefficient (Wildman–Crippen LogP) is 3.18. The maximum Gasteiger partial charge on any atom is 0.225 e. The smallest absolute Gasteiger partial charge is 0.225 e. The third-order valence-electron chi connectivity index (χ3n) is 5.25. The highest BCUT2D eigenvalue weighted by atomic mass is 16.5. The van der Waals surface area contributed by atoms with Crippen LogP contribution in [0.2, 0.25) is 0 Å². The molecule has 0 aromatic heterocycles. The van der Waals surface area contributed by atoms with Crippen molar-refractivity contribution in [3.05, 3.63) is 65.7 Å². The third-order valence-corrected chi connectivity index (χ3v) is 5.25. The Labute approximate surface area is 166 Å². The molecular weight excluding hydrogens is 352 g/mol. The van der Waals surface area contributed by atoms with Crippen LogP contribution in [0.5, 0.6) is 5.75 Å². The number of hydrogen-bond donors (Lipinski definition) is 1. The van der Waals surface area contributed by atoms with Gasteiger partial charge < -0.3 is 15.0 Å². The van der Waals surface area contributed by atoms with Crippen molar-refractivity contribution in [2.75, 3.05) is 20.2 Å². The molecule has 1 aliphatic rings. The van der Waals surface area contributed by atoms with Crippen LogP contribution < -0.4 is 10.1 Å². The molecule has 1 heterocycles. The molecule has 0 spiro atoms. The molecule has 0 aliphatic carbocycles. The molecule has 2 aromatic rings. The molecule has 148 valence electrons. The Morgan fingerprint density at radius 2 is 1.89 bits per heavy atom. The van der Waals surface area contributed by atoms with Gasteiger partial charge in [0.15, 0.2) is 0 Å². The number of carbonyl (C=O) groups is 2. The van der Waals surface area contributed by atoms with E-state index in [9.17, 15) is 9.59 Å². The van der Waals surface area contributed by atoms with Gasteiger partial charge in [0, 0.05) is 31.6 Å². The first-order valence-electron chi connectivity index (χ1n) is 9.88. The monoisotopic (exact) mass is 380 g/mol. The number of rotatable bonds is 8. The largest absolute Gasteiger partial charge is 0.496 e. The molecule has 5 nitrogen and oxygen atoms in total. The standard InChI is InChI=1S/C23H28N2O3/c1-28-21-12-6-5-11-19(21)16-24-23(27)20-13-14-22(26)25(17-20)15-7-10-18-8-3-2-4-9-18/h2-6,8-9,11-12,20H,7,10,13-17H2,1H3,(H,24,27)/t20-/m1/s1. The molecule has 0 saturated carbocycles. The number of carbonyl (C=O) groups excluding carboxylic acids is 2. The summed E-state index contributed by atoms with van der Waals surface area (Å²) in [6.07, 6.45) is 2.91. The van der Waals surface area contributed by atoms with Gasteiger partial charge in [0.05, 0.1) is 13.0 Å². The number of nitrogens with zero attached hydrogens (tertiary/aromatic N) is 1. The van der Waals surface area contributed by atoms with E-state index >= 15 is 0 Å². The Morgan fingerprint density at radius 1 is 1.14 bits per heavy atom. The summed E-state index contributed by atoms with van der Waals surface area (Å²) in [7, 11) is 1.63. The topological polar surface area (TPSA) is 58.6 Å². The molecule has 3 rings (SSSR count). The Hall–Kier alpha value is -2.82. The van der Waals surface area contributed by atoms with Crippen molar-refractivity contribution < 1.29 is 14.3 Å². The lowest BCUT2D eigenvalue weighted by Crippen LogP contribution is -2.46. The van der Waals surface area contributed by atoms with E-state index in [2.05, 4.69) is 17.4 Å². The number of benzene rings is 2. The van der Waals surface area contributed by atoms with Crippen LogP contribution in [-0.4, -0.2) is 36.9 Å². The van der Waals surface area contributed by atoms with Crippen molar-refractivity contribution >= 4 is 11.8 Å². The third kappa shape index (κ3) is 5.35. The summed E-state index contributed by atoms with van der Waals surface area (Å²) in [4.78, 5) is 26.7. The lowest BCUT2D eigenvalue weighted by molar-refractivity contribution is -0.138. The maximum absolute atomic E-state index is 12.6. The first-order chi connectivity index (χ1) is 13.7. The van der Waals surface area contributed by atoms with Crippen LogP contribution in [0.3, 0.4) is 0 Å². The zero-order chi connectivity index (χ0) is 19.8. The zero-order valence-electron chi connectivity index (χ0n) is 16.4. The molecular formula is C23H28N2O3. The fourth-order valence-corrected chi connectivity index (χ4v) is 3.64. The minimum Gasteiger partial charge on any atom is -0.496 e. The van der Waals surface area contributed by atoms with E-state index in [1.165, 1.54) is 5.56 Å². The molecule has 2 aromatic carbocycles. The molecule has 2 amide bonds. The highest BCUT2D eigenvalue weighted by molar-refractivity contribution is 5.83. The lowest BCUT2D eigenvalue weighted by Gasteiger charge is -2.32. The quantitative estimate of drug-likeness (QED) is 0.765. The Kier molecular flexibility index (Phi) is 7.06. The Bertz CT molecular complexity index is 791. The molecule has 1 saturated heterocycles. The summed E-state index contributed by atoms with van der Waals surface area (Å²) in [5.41, 5.74) is 2.23. The minimum absolute atomic E-state index is 0.00599. The molecule has 0 bridgehead atoms. The first kappa shape index (κ1) is 19.9. The number of likely N-dealkylation sites (tertiary alicyclic amines) is 1. The molecule has 5 heteroatoms. The summed E-state index contributed by atoms with van der Waals surface area (Å²) in [6.45, 7) is 1.64. The molecule has 0 radical (unpaired) electrons. The minimum atomic E-state index is -0.149. The number of piperidine rings is 1. The van der Waals surface area contributed by atoms with Crippen LogP contribution >= 0.6 is 0 Å². The van der Waals surface area contributed by atoms with Crippen molar-refractivity contribution in [1.82, 2.24) is 10.2 Å². The molecule has 28 heavy (non-hydrogen) atoms. The van der Waals surface area contributed by atoms with E-state index in [1.807, 2.05) is 47.4 Å². The normalized spacial score (nSPS) is 16.7. The predicted molar refractivity (Wildman–Crippen MR) is 109 cm³/mol. The van der Waals surface area contributed by atoms with E-state index in [1.54, 1.807) is 7.11 Å². The van der Waals surface area contributed by atoms with E-state index in [-0.39, 0.29) is 17.7 Å². The van der Waals surface area contributed by atoms with Gasteiger partial charge in [-0.15, -0.1) is 0 Å². The average molecular weight is 380 g/mol. The molecule has 1 fully saturated rings. The van der Waals surface area contributed by atoms with E-state index in [0.717, 1.165) is 24.2 Å². The average Bonchev–Trinajstić information content (AvgIpc) is 2.74. The highest BCUT2D eigenvalue weighted by Gasteiger charge is 2.29. The summed E-state index contributed by atoms with van der Waals surface area (Å²) in [6, 6.07) is 17.9. The van der Waals surface area contributed by atoms with Gasteiger partial charge >= 0.3 is 0 Å². The fourth-order valence-electron chi connectivity index (χ4n) is 3.64. The summed E-state index contributed by atoms with van der Waals surface area (Å²) in [5.74, 6) is 0.779. The van der Waals surface area contributed by atoms with Gasteiger partial charge in [-0.2, -0.15) is 0 Å². The van der Waals surface area contributed by atoms with Crippen LogP contribution in [0.25, 0.3) is 0 Å². The SMILES string of the molecule is COc1ccccc1CNC(=O)[C@@H]1CCC(=O)N(CCCc2ccccc2)C1. The second-order valence-corrected chi connectivity index (χ2v) is 7.19. The number of hydrogen-bond acceptors (Lipinski definition) is 3. The second-order valence-electron chi connectivity index (χ2n) is 7.19. The van der Waals surface area contributed by atoms with Crippen LogP contribution in [0.15, 0.2) is 54.6 Å². The lowest BCUT2D eigenvalue weighted by atomic mass is 9.96. The molecule has 1 N–H and O–H groups in total. The maximum atomic E-state index is 12.6. The van der Waals surface area contributed by atoms with Crippen molar-refractivity contribution in [3.8, 4) is 5.75 Å². The van der Waals surface area contributed by atoms with Crippen molar-refractivity contribution in [1.29, 1.82) is 0 Å². The number of ether oxygens (including phenoxy) is 1. The Morgan fingerprint density at radius 3 is 2.68 bits per heavy atom. The van der Waals surface area contributed by atoms with Crippen molar-refractivity contribution in [2.45, 2.75) is 32.2 Å². The first-order valence-corrected chi connectivity index (χ1v) is 9.88. The number of para-hydroxylation sites is 1. The van der Waals surface area contributed by atoms with Gasteiger partial charge in [-0.1, -0.05) is 48.5 Å². The van der Waals surface area contributed by atoms with Crippen LogP contribution in [0.1, 0.15) is 30.4 Å². The van der Waals surface area contributed by atoms with Crippen LogP contribution in [0.4, 0.5) is 0 Å². The zero-order valence-corrected chi connectivity index (χ0v) is 16.4. The van der Waals surface area contributed by atoms with Gasteiger partial charge in [-0.3, -0.25) is 9.59 Å². The summed E-state index contributed by atoms with van der Waals surface area (Å²) >= 11 is 0. The number of methoxy groups -OCH3 is 1. The second kappa shape index (κ2) is 9.93. The van der Waals surface area contributed by atoms with E-state index in [4.69, 9.17) is 4.74 Å². The number of aryl methyl sites for hydroxylation is 1. The van der Waals surface area contributed by atoms with E-state index in [0.29, 0.717) is 32.5 Å². The molecule has 0 unspecified atom stereocenters. The van der Waals surface area contributed by atoms with Gasteiger partial charge in [0.1, 0.15) is 5.75 Å². The number of nitrogens with one attached hydrogen (secondary N) is 1. The van der Waals surface area contributed by atoms with Crippen molar-refractivity contribution in [2.24, 2.45) is 5.92 Å². The number of amides is 2. The highest BCUT2D eigenvalue weighted by Crippen LogP contribution is 2.20. The van der Waals surface area contributed by atoms with Crippen LogP contribution in [-0.2, 0) is 22.6 Å². The Balaban J connectivity index is 1.48. The molecule has 1 atom stereocenters. The van der Waals surface area contributed by atoms with Crippen molar-refractivity contribution in [3.63, 3.8) is 0 Å². The summed E-state index contributed by atoms with van der Waals surface area (Å²) < 4.78 is 5.33. The van der Waals surface area contributed by atoms with Gasteiger partial charge in [-0.25, -0.2) is 0 Å². The van der Waals surface area contributed by atoms with Gasteiger partial charge in [-0.05, 0) is 30.9 Å². The van der Waals surface area contributed by atoms with E-state index < -0.39 is 0 Å². The fraction of sp³-hybridized carbons (Fsp3) is 0.391. The van der Waals surface area contributed by atoms with Crippen LogP contribution in [0, 0.1) is 5.92 Å².